The summed E-state index contributed by atoms with van der Waals surface area (Å²) in [5, 5.41) is 2.73. The number of hydrogen-bond donors (Lipinski definition) is 1. The lowest BCUT2D eigenvalue weighted by molar-refractivity contribution is -0.114. The van der Waals surface area contributed by atoms with Crippen LogP contribution in [0.25, 0.3) is 22.6 Å². The van der Waals surface area contributed by atoms with Crippen LogP contribution in [0.1, 0.15) is 12.5 Å². The Kier molecular flexibility index (Phi) is 2.99. The van der Waals surface area contributed by atoms with Gasteiger partial charge in [-0.3, -0.25) is 4.79 Å². The van der Waals surface area contributed by atoms with E-state index in [2.05, 4.69) is 10.3 Å². The molecule has 0 spiro atoms. The predicted molar refractivity (Wildman–Crippen MR) is 78.5 cm³/mol. The first-order valence-electron chi connectivity index (χ1n) is 6.37. The van der Waals surface area contributed by atoms with E-state index in [1.165, 1.54) is 6.92 Å². The standard InChI is InChI=1S/C16H14N2O2/c1-10-4-3-5-12(8-10)16-18-14-9-13(17-11(2)19)6-7-15(14)20-16/h3-9H,1-2H3,(H,17,19). The topological polar surface area (TPSA) is 55.1 Å². The van der Waals surface area contributed by atoms with Crippen LogP contribution in [0.4, 0.5) is 5.69 Å². The number of aryl methyl sites for hydroxylation is 1. The second-order valence-corrected chi connectivity index (χ2v) is 4.75. The van der Waals surface area contributed by atoms with Crippen LogP contribution in [0, 0.1) is 6.92 Å². The van der Waals surface area contributed by atoms with Crippen LogP contribution in [0.5, 0.6) is 0 Å². The molecule has 1 aromatic heterocycles. The van der Waals surface area contributed by atoms with E-state index >= 15 is 0 Å². The molecule has 1 heterocycles. The number of oxazole rings is 1. The first-order valence-corrected chi connectivity index (χ1v) is 6.37. The van der Waals surface area contributed by atoms with E-state index in [0.717, 1.165) is 16.6 Å². The fourth-order valence-electron chi connectivity index (χ4n) is 2.11. The van der Waals surface area contributed by atoms with E-state index in [4.69, 9.17) is 4.42 Å². The van der Waals surface area contributed by atoms with Crippen molar-refractivity contribution in [2.24, 2.45) is 0 Å². The Bertz CT molecular complexity index is 790. The molecule has 4 heteroatoms. The Morgan fingerprint density at radius 2 is 2.05 bits per heavy atom. The zero-order valence-electron chi connectivity index (χ0n) is 11.3. The Labute approximate surface area is 116 Å². The first kappa shape index (κ1) is 12.4. The van der Waals surface area contributed by atoms with Gasteiger partial charge in [-0.25, -0.2) is 4.98 Å². The van der Waals surface area contributed by atoms with Crippen molar-refractivity contribution in [2.75, 3.05) is 5.32 Å². The summed E-state index contributed by atoms with van der Waals surface area (Å²) in [6, 6.07) is 13.4. The molecule has 0 saturated heterocycles. The number of amides is 1. The number of rotatable bonds is 2. The first-order chi connectivity index (χ1) is 9.61. The summed E-state index contributed by atoms with van der Waals surface area (Å²) >= 11 is 0. The second-order valence-electron chi connectivity index (χ2n) is 4.75. The lowest BCUT2D eigenvalue weighted by atomic mass is 10.1. The summed E-state index contributed by atoms with van der Waals surface area (Å²) in [5.41, 5.74) is 4.25. The maximum Gasteiger partial charge on any atom is 0.227 e. The molecular formula is C16H14N2O2. The average molecular weight is 266 g/mol. The highest BCUT2D eigenvalue weighted by atomic mass is 16.3. The molecule has 0 atom stereocenters. The van der Waals surface area contributed by atoms with Crippen molar-refractivity contribution in [3.8, 4) is 11.5 Å². The molecule has 4 nitrogen and oxygen atoms in total. The summed E-state index contributed by atoms with van der Waals surface area (Å²) in [5.74, 6) is 0.482. The molecule has 0 aliphatic carbocycles. The number of carbonyl (C=O) groups excluding carboxylic acids is 1. The molecule has 3 aromatic rings. The largest absolute Gasteiger partial charge is 0.436 e. The number of benzene rings is 2. The molecule has 0 saturated carbocycles. The molecule has 2 aromatic carbocycles. The number of fused-ring (bicyclic) bond motifs is 1. The van der Waals surface area contributed by atoms with Crippen molar-refractivity contribution < 1.29 is 9.21 Å². The van der Waals surface area contributed by atoms with E-state index in [1.54, 1.807) is 12.1 Å². The molecule has 1 N–H and O–H groups in total. The minimum absolute atomic E-state index is 0.105. The Balaban J connectivity index is 2.04. The molecule has 0 fully saturated rings. The van der Waals surface area contributed by atoms with Crippen LogP contribution in [0.3, 0.4) is 0 Å². The van der Waals surface area contributed by atoms with Crippen LogP contribution in [0.15, 0.2) is 46.9 Å². The minimum Gasteiger partial charge on any atom is -0.436 e. The Morgan fingerprint density at radius 3 is 2.80 bits per heavy atom. The van der Waals surface area contributed by atoms with E-state index in [0.29, 0.717) is 17.2 Å². The van der Waals surface area contributed by atoms with E-state index < -0.39 is 0 Å². The molecule has 1 amide bonds. The predicted octanol–water partition coefficient (Wildman–Crippen LogP) is 3.76. The number of carbonyl (C=O) groups is 1. The van der Waals surface area contributed by atoms with Gasteiger partial charge in [0.15, 0.2) is 5.58 Å². The highest BCUT2D eigenvalue weighted by Gasteiger charge is 2.09. The fraction of sp³-hybridized carbons (Fsp3) is 0.125. The summed E-state index contributed by atoms with van der Waals surface area (Å²) in [6.07, 6.45) is 0. The van der Waals surface area contributed by atoms with Gasteiger partial charge in [0, 0.05) is 18.2 Å². The Hall–Kier alpha value is -2.62. The van der Waals surface area contributed by atoms with Crippen LogP contribution in [-0.2, 0) is 4.79 Å². The van der Waals surface area contributed by atoms with Crippen molar-refractivity contribution >= 4 is 22.7 Å². The van der Waals surface area contributed by atoms with E-state index in [-0.39, 0.29) is 5.91 Å². The number of hydrogen-bond acceptors (Lipinski definition) is 3. The molecule has 0 bridgehead atoms. The minimum atomic E-state index is -0.105. The summed E-state index contributed by atoms with van der Waals surface area (Å²) < 4.78 is 5.75. The number of anilines is 1. The average Bonchev–Trinajstić information content (AvgIpc) is 2.81. The lowest BCUT2D eigenvalue weighted by Crippen LogP contribution is -2.05. The van der Waals surface area contributed by atoms with Crippen LogP contribution >= 0.6 is 0 Å². The van der Waals surface area contributed by atoms with Crippen LogP contribution in [-0.4, -0.2) is 10.9 Å². The van der Waals surface area contributed by atoms with Gasteiger partial charge >= 0.3 is 0 Å². The van der Waals surface area contributed by atoms with Crippen molar-refractivity contribution in [1.82, 2.24) is 4.98 Å². The van der Waals surface area contributed by atoms with Crippen LogP contribution < -0.4 is 5.32 Å². The summed E-state index contributed by atoms with van der Waals surface area (Å²) in [6.45, 7) is 3.51. The third-order valence-corrected chi connectivity index (χ3v) is 2.97. The third-order valence-electron chi connectivity index (χ3n) is 2.97. The lowest BCUT2D eigenvalue weighted by Gasteiger charge is -1.99. The highest BCUT2D eigenvalue weighted by Crippen LogP contribution is 2.26. The molecule has 0 aliphatic heterocycles. The fourth-order valence-corrected chi connectivity index (χ4v) is 2.11. The SMILES string of the molecule is CC(=O)Nc1ccc2oc(-c3cccc(C)c3)nc2c1. The normalized spacial score (nSPS) is 10.7. The van der Waals surface area contributed by atoms with Crippen molar-refractivity contribution in [3.05, 3.63) is 48.0 Å². The molecule has 0 unspecified atom stereocenters. The summed E-state index contributed by atoms with van der Waals surface area (Å²) in [4.78, 5) is 15.5. The van der Waals surface area contributed by atoms with Gasteiger partial charge < -0.3 is 9.73 Å². The Morgan fingerprint density at radius 1 is 1.20 bits per heavy atom. The van der Waals surface area contributed by atoms with Gasteiger partial charge in [-0.2, -0.15) is 0 Å². The van der Waals surface area contributed by atoms with Gasteiger partial charge in [0.1, 0.15) is 5.52 Å². The number of nitrogens with zero attached hydrogens (tertiary/aromatic N) is 1. The number of nitrogens with one attached hydrogen (secondary N) is 1. The van der Waals surface area contributed by atoms with E-state index in [9.17, 15) is 4.79 Å². The van der Waals surface area contributed by atoms with Gasteiger partial charge in [-0.1, -0.05) is 17.7 Å². The van der Waals surface area contributed by atoms with Gasteiger partial charge in [-0.05, 0) is 37.3 Å². The molecule has 0 radical (unpaired) electrons. The van der Waals surface area contributed by atoms with Gasteiger partial charge in [0.2, 0.25) is 11.8 Å². The quantitative estimate of drug-likeness (QED) is 0.768. The zero-order valence-corrected chi connectivity index (χ0v) is 11.3. The zero-order chi connectivity index (χ0) is 14.1. The molecular weight excluding hydrogens is 252 g/mol. The third kappa shape index (κ3) is 2.40. The maximum absolute atomic E-state index is 11.1. The molecule has 20 heavy (non-hydrogen) atoms. The van der Waals surface area contributed by atoms with Crippen molar-refractivity contribution in [2.45, 2.75) is 13.8 Å². The molecule has 3 rings (SSSR count). The monoisotopic (exact) mass is 266 g/mol. The number of aromatic nitrogens is 1. The molecule has 0 aliphatic rings. The second kappa shape index (κ2) is 4.81. The van der Waals surface area contributed by atoms with E-state index in [1.807, 2.05) is 37.3 Å². The molecule has 100 valence electrons. The van der Waals surface area contributed by atoms with Crippen molar-refractivity contribution in [1.29, 1.82) is 0 Å². The van der Waals surface area contributed by atoms with Gasteiger partial charge in [0.05, 0.1) is 0 Å². The van der Waals surface area contributed by atoms with Gasteiger partial charge in [0.25, 0.3) is 0 Å². The van der Waals surface area contributed by atoms with Crippen molar-refractivity contribution in [3.63, 3.8) is 0 Å². The maximum atomic E-state index is 11.1. The smallest absolute Gasteiger partial charge is 0.227 e. The van der Waals surface area contributed by atoms with Gasteiger partial charge in [-0.15, -0.1) is 0 Å². The van der Waals surface area contributed by atoms with Crippen LogP contribution in [0.2, 0.25) is 0 Å². The highest BCUT2D eigenvalue weighted by molar-refractivity contribution is 5.91. The summed E-state index contributed by atoms with van der Waals surface area (Å²) in [7, 11) is 0.